The first-order valence-corrected chi connectivity index (χ1v) is 15.4. The van der Waals surface area contributed by atoms with E-state index in [1.807, 2.05) is 12.4 Å². The van der Waals surface area contributed by atoms with E-state index in [9.17, 15) is 0 Å². The Bertz CT molecular complexity index is 1350. The molecule has 2 aromatic carbocycles. The largest absolute Gasteiger partial charge is 0.412 e. The van der Waals surface area contributed by atoms with E-state index in [0.717, 1.165) is 35.9 Å². The summed E-state index contributed by atoms with van der Waals surface area (Å²) in [5.74, 6) is 1.71. The molecule has 0 fully saturated rings. The minimum Gasteiger partial charge on any atom is -0.412 e. The predicted octanol–water partition coefficient (Wildman–Crippen LogP) is 9.14. The predicted molar refractivity (Wildman–Crippen MR) is 184 cm³/mol. The number of aromatic amines is 2. The molecule has 0 unspecified atom stereocenters. The fourth-order valence-electron chi connectivity index (χ4n) is 5.48. The minimum atomic E-state index is 0. The maximum absolute atomic E-state index is 4.96. The van der Waals surface area contributed by atoms with Crippen LogP contribution in [0.3, 0.4) is 0 Å². The second-order valence-electron chi connectivity index (χ2n) is 12.8. The number of aromatic nitrogens is 2. The molecular weight excluding hydrogens is 530 g/mol. The summed E-state index contributed by atoms with van der Waals surface area (Å²) in [6.07, 6.45) is 3.94. The summed E-state index contributed by atoms with van der Waals surface area (Å²) in [4.78, 5) is 19.3. The van der Waals surface area contributed by atoms with E-state index < -0.39 is 0 Å². The summed E-state index contributed by atoms with van der Waals surface area (Å²) in [5, 5.41) is 0. The molecular formula is C37H51N5O. The lowest BCUT2D eigenvalue weighted by atomic mass is 9.93. The van der Waals surface area contributed by atoms with Gasteiger partial charge in [-0.1, -0.05) is 91.8 Å². The molecule has 4 rings (SSSR count). The van der Waals surface area contributed by atoms with Crippen molar-refractivity contribution in [2.24, 2.45) is 9.98 Å². The summed E-state index contributed by atoms with van der Waals surface area (Å²) in [6.45, 7) is 19.5. The fourth-order valence-corrected chi connectivity index (χ4v) is 5.48. The molecule has 0 bridgehead atoms. The number of aliphatic imine (C=N–C) groups is 2. The van der Waals surface area contributed by atoms with E-state index in [-0.39, 0.29) is 5.48 Å². The van der Waals surface area contributed by atoms with Crippen LogP contribution in [0.25, 0.3) is 0 Å². The van der Waals surface area contributed by atoms with E-state index in [0.29, 0.717) is 23.7 Å². The van der Waals surface area contributed by atoms with Crippen molar-refractivity contribution in [2.45, 2.75) is 92.2 Å². The fraction of sp³-hybridized carbons (Fsp3) is 0.405. The third kappa shape index (κ3) is 8.65. The molecule has 4 aromatic rings. The molecule has 0 aliphatic carbocycles. The van der Waals surface area contributed by atoms with Crippen LogP contribution in [0, 0.1) is 0 Å². The second-order valence-corrected chi connectivity index (χ2v) is 12.8. The van der Waals surface area contributed by atoms with Crippen molar-refractivity contribution >= 4 is 23.8 Å². The quantitative estimate of drug-likeness (QED) is 0.160. The highest BCUT2D eigenvalue weighted by molar-refractivity contribution is 5.82. The van der Waals surface area contributed by atoms with Gasteiger partial charge in [0.1, 0.15) is 0 Å². The van der Waals surface area contributed by atoms with Gasteiger partial charge < -0.3 is 15.4 Å². The molecule has 0 atom stereocenters. The highest BCUT2D eigenvalue weighted by atomic mass is 16.0. The Morgan fingerprint density at radius 1 is 0.558 bits per heavy atom. The van der Waals surface area contributed by atoms with Crippen molar-refractivity contribution in [3.8, 4) is 0 Å². The van der Waals surface area contributed by atoms with Crippen LogP contribution >= 0.6 is 0 Å². The number of hydrogen-bond acceptors (Lipinski definition) is 3. The van der Waals surface area contributed by atoms with Crippen molar-refractivity contribution in [3.63, 3.8) is 0 Å². The van der Waals surface area contributed by atoms with Crippen molar-refractivity contribution in [1.29, 1.82) is 0 Å². The summed E-state index contributed by atoms with van der Waals surface area (Å²) >= 11 is 0. The first kappa shape index (κ1) is 33.8. The van der Waals surface area contributed by atoms with E-state index in [1.54, 1.807) is 0 Å². The maximum Gasteiger partial charge on any atom is 0.0699 e. The lowest BCUT2D eigenvalue weighted by molar-refractivity contribution is 0.312. The third-order valence-corrected chi connectivity index (χ3v) is 7.77. The standard InChI is InChI=1S/C37H49N5.H2O/c1-24(2)32-12-10-13-33(25(3)4)36(32)38-20-28-16-18-30(40-28)22-42(9)23-31-19-17-29(41-31)21-39-37-34(26(5)6)14-11-15-35(37)27(7)8;/h10-21,24-27,40-41H,22-23H2,1-9H3;1H2. The number of para-hydroxylation sites is 2. The Balaban J connectivity index is 0.00000506. The summed E-state index contributed by atoms with van der Waals surface area (Å²) in [6, 6.07) is 21.6. The third-order valence-electron chi connectivity index (χ3n) is 7.77. The number of nitrogens with one attached hydrogen (secondary N) is 2. The van der Waals surface area contributed by atoms with Crippen molar-refractivity contribution in [3.05, 3.63) is 106 Å². The average molecular weight is 582 g/mol. The summed E-state index contributed by atoms with van der Waals surface area (Å²) < 4.78 is 0. The van der Waals surface area contributed by atoms with Crippen LogP contribution in [-0.2, 0) is 13.1 Å². The molecule has 2 heterocycles. The monoisotopic (exact) mass is 581 g/mol. The van der Waals surface area contributed by atoms with Gasteiger partial charge in [-0.15, -0.1) is 0 Å². The zero-order valence-corrected chi connectivity index (χ0v) is 27.5. The molecule has 6 nitrogen and oxygen atoms in total. The Morgan fingerprint density at radius 3 is 1.19 bits per heavy atom. The highest BCUT2D eigenvalue weighted by Crippen LogP contribution is 2.35. The van der Waals surface area contributed by atoms with Crippen molar-refractivity contribution in [1.82, 2.24) is 14.9 Å². The van der Waals surface area contributed by atoms with Gasteiger partial charge in [-0.3, -0.25) is 14.9 Å². The van der Waals surface area contributed by atoms with E-state index >= 15 is 0 Å². The molecule has 0 saturated heterocycles. The highest BCUT2D eigenvalue weighted by Gasteiger charge is 2.14. The van der Waals surface area contributed by atoms with Crippen LogP contribution in [0.5, 0.6) is 0 Å². The van der Waals surface area contributed by atoms with Gasteiger partial charge in [-0.25, -0.2) is 0 Å². The van der Waals surface area contributed by atoms with E-state index in [1.165, 1.54) is 33.6 Å². The van der Waals surface area contributed by atoms with Gasteiger partial charge in [0.25, 0.3) is 0 Å². The molecule has 230 valence electrons. The number of H-pyrrole nitrogens is 2. The maximum atomic E-state index is 4.96. The molecule has 0 radical (unpaired) electrons. The van der Waals surface area contributed by atoms with Crippen LogP contribution < -0.4 is 0 Å². The average Bonchev–Trinajstić information content (AvgIpc) is 3.58. The molecule has 6 heteroatoms. The van der Waals surface area contributed by atoms with Crippen molar-refractivity contribution < 1.29 is 5.48 Å². The van der Waals surface area contributed by atoms with Gasteiger partial charge in [0.05, 0.1) is 35.2 Å². The zero-order valence-electron chi connectivity index (χ0n) is 27.5. The van der Waals surface area contributed by atoms with Crippen LogP contribution in [0.2, 0.25) is 0 Å². The molecule has 4 N–H and O–H groups in total. The molecule has 0 amide bonds. The van der Waals surface area contributed by atoms with Gasteiger partial charge in [-0.05, 0) is 77.2 Å². The molecule has 2 aromatic heterocycles. The van der Waals surface area contributed by atoms with Crippen LogP contribution in [0.1, 0.15) is 124 Å². The Labute approximate surface area is 258 Å². The van der Waals surface area contributed by atoms with Crippen LogP contribution in [0.15, 0.2) is 70.6 Å². The summed E-state index contributed by atoms with van der Waals surface area (Å²) in [7, 11) is 2.14. The molecule has 0 saturated carbocycles. The molecule has 43 heavy (non-hydrogen) atoms. The lowest BCUT2D eigenvalue weighted by Gasteiger charge is -2.16. The number of rotatable bonds is 12. The first-order chi connectivity index (χ1) is 20.0. The smallest absolute Gasteiger partial charge is 0.0699 e. The van der Waals surface area contributed by atoms with Gasteiger partial charge in [-0.2, -0.15) is 0 Å². The first-order valence-electron chi connectivity index (χ1n) is 15.4. The van der Waals surface area contributed by atoms with E-state index in [4.69, 9.17) is 9.98 Å². The van der Waals surface area contributed by atoms with Crippen LogP contribution in [-0.4, -0.2) is 39.8 Å². The molecule has 0 aliphatic heterocycles. The summed E-state index contributed by atoms with van der Waals surface area (Å²) in [5.41, 5.74) is 11.8. The zero-order chi connectivity index (χ0) is 30.4. The van der Waals surface area contributed by atoms with Gasteiger partial charge in [0.15, 0.2) is 0 Å². The lowest BCUT2D eigenvalue weighted by Crippen LogP contribution is -2.17. The van der Waals surface area contributed by atoms with Crippen LogP contribution in [0.4, 0.5) is 11.4 Å². The molecule has 0 aliphatic rings. The Hall–Kier alpha value is -3.74. The number of benzene rings is 2. The van der Waals surface area contributed by atoms with E-state index in [2.05, 4.69) is 138 Å². The van der Waals surface area contributed by atoms with Gasteiger partial charge in [0, 0.05) is 24.5 Å². The SMILES string of the molecule is CC(C)c1cccc(C(C)C)c1N=Cc1ccc(CN(C)Cc2ccc(C=Nc3c(C(C)C)cccc3C(C)C)[nH]2)[nH]1.O. The minimum absolute atomic E-state index is 0. The number of hydrogen-bond donors (Lipinski definition) is 2. The Morgan fingerprint density at radius 2 is 0.884 bits per heavy atom. The van der Waals surface area contributed by atoms with Gasteiger partial charge >= 0.3 is 0 Å². The normalized spacial score (nSPS) is 12.2. The second kappa shape index (κ2) is 15.1. The number of nitrogens with zero attached hydrogens (tertiary/aromatic N) is 3. The van der Waals surface area contributed by atoms with Crippen molar-refractivity contribution in [2.75, 3.05) is 7.05 Å². The topological polar surface area (TPSA) is 91.0 Å². The molecule has 0 spiro atoms. The van der Waals surface area contributed by atoms with Gasteiger partial charge in [0.2, 0.25) is 0 Å². The Kier molecular flexibility index (Phi) is 11.9.